The van der Waals surface area contributed by atoms with Crippen LogP contribution in [0.1, 0.15) is 0 Å². The van der Waals surface area contributed by atoms with Crippen molar-refractivity contribution in [2.75, 3.05) is 23.3 Å². The summed E-state index contributed by atoms with van der Waals surface area (Å²) in [4.78, 5) is 0. The van der Waals surface area contributed by atoms with Gasteiger partial charge >= 0.3 is 0 Å². The van der Waals surface area contributed by atoms with E-state index in [-0.39, 0.29) is 0 Å². The molecule has 4 heteroatoms. The fourth-order valence-electron chi connectivity index (χ4n) is 0.761. The van der Waals surface area contributed by atoms with Crippen LogP contribution in [0.3, 0.4) is 0 Å². The van der Waals surface area contributed by atoms with Crippen molar-refractivity contribution in [1.29, 1.82) is 0 Å². The number of hydrogen-bond acceptors (Lipinski definition) is 2. The summed E-state index contributed by atoms with van der Waals surface area (Å²) in [5.41, 5.74) is 0. The molecule has 0 aromatic heterocycles. The maximum absolute atomic E-state index is 5.70. The lowest BCUT2D eigenvalue weighted by Crippen LogP contribution is -2.23. The third kappa shape index (κ3) is 2.72. The van der Waals surface area contributed by atoms with Crippen molar-refractivity contribution in [3.8, 4) is 0 Å². The quantitative estimate of drug-likeness (QED) is 0.652. The number of halogens is 2. The van der Waals surface area contributed by atoms with Crippen molar-refractivity contribution in [1.82, 2.24) is 0 Å². The lowest BCUT2D eigenvalue weighted by atomic mass is 10.5. The SMILES string of the molecule is ClCC1CSC(CCl)CS1. The molecule has 1 aliphatic heterocycles. The predicted molar refractivity (Wildman–Crippen MR) is 53.9 cm³/mol. The smallest absolute Gasteiger partial charge is 0.0350 e. The summed E-state index contributed by atoms with van der Waals surface area (Å²) in [6.45, 7) is 0. The Labute approximate surface area is 80.4 Å². The van der Waals surface area contributed by atoms with E-state index in [2.05, 4.69) is 0 Å². The topological polar surface area (TPSA) is 0 Å². The first-order chi connectivity index (χ1) is 4.86. The third-order valence-electron chi connectivity index (χ3n) is 1.38. The summed E-state index contributed by atoms with van der Waals surface area (Å²) in [6.07, 6.45) is 0. The molecular formula is C6H10Cl2S2. The zero-order chi connectivity index (χ0) is 7.40. The van der Waals surface area contributed by atoms with Gasteiger partial charge in [-0.3, -0.25) is 0 Å². The molecule has 0 nitrogen and oxygen atoms in total. The van der Waals surface area contributed by atoms with Crippen molar-refractivity contribution in [3.05, 3.63) is 0 Å². The van der Waals surface area contributed by atoms with Gasteiger partial charge in [-0.25, -0.2) is 0 Å². The van der Waals surface area contributed by atoms with Gasteiger partial charge in [0.15, 0.2) is 0 Å². The number of alkyl halides is 2. The number of rotatable bonds is 2. The molecule has 0 saturated carbocycles. The van der Waals surface area contributed by atoms with Crippen molar-refractivity contribution in [2.24, 2.45) is 0 Å². The summed E-state index contributed by atoms with van der Waals surface area (Å²) < 4.78 is 0. The number of thioether (sulfide) groups is 2. The largest absolute Gasteiger partial charge is 0.155 e. The van der Waals surface area contributed by atoms with E-state index < -0.39 is 0 Å². The Kier molecular flexibility index (Phi) is 4.70. The minimum absolute atomic E-state index is 0.658. The molecule has 2 unspecified atom stereocenters. The van der Waals surface area contributed by atoms with Gasteiger partial charge in [0.25, 0.3) is 0 Å². The van der Waals surface area contributed by atoms with Crippen LogP contribution < -0.4 is 0 Å². The van der Waals surface area contributed by atoms with Crippen LogP contribution in [0.4, 0.5) is 0 Å². The van der Waals surface area contributed by atoms with Crippen molar-refractivity contribution in [3.63, 3.8) is 0 Å². The number of hydrogen-bond donors (Lipinski definition) is 0. The van der Waals surface area contributed by atoms with Crippen LogP contribution in [-0.4, -0.2) is 33.8 Å². The van der Waals surface area contributed by atoms with Gasteiger partial charge in [-0.05, 0) is 0 Å². The Morgan fingerprint density at radius 2 is 1.40 bits per heavy atom. The minimum atomic E-state index is 0.658. The molecule has 10 heavy (non-hydrogen) atoms. The minimum Gasteiger partial charge on any atom is -0.155 e. The van der Waals surface area contributed by atoms with E-state index >= 15 is 0 Å². The molecule has 1 aliphatic rings. The Morgan fingerprint density at radius 3 is 1.60 bits per heavy atom. The molecule has 0 aliphatic carbocycles. The highest BCUT2D eigenvalue weighted by Gasteiger charge is 2.20. The molecule has 0 N–H and O–H groups in total. The summed E-state index contributed by atoms with van der Waals surface area (Å²) in [6, 6.07) is 0. The first kappa shape index (κ1) is 9.37. The summed E-state index contributed by atoms with van der Waals surface area (Å²) in [5, 5.41) is 1.32. The molecule has 0 aromatic carbocycles. The van der Waals surface area contributed by atoms with Crippen molar-refractivity contribution < 1.29 is 0 Å². The molecule has 0 amide bonds. The molecule has 0 radical (unpaired) electrons. The lowest BCUT2D eigenvalue weighted by Gasteiger charge is -2.24. The summed E-state index contributed by atoms with van der Waals surface area (Å²) in [5.74, 6) is 3.91. The van der Waals surface area contributed by atoms with Crippen LogP contribution in [0.25, 0.3) is 0 Å². The van der Waals surface area contributed by atoms with E-state index in [1.165, 1.54) is 11.5 Å². The van der Waals surface area contributed by atoms with Crippen molar-refractivity contribution >= 4 is 46.7 Å². The van der Waals surface area contributed by atoms with Gasteiger partial charge in [0.1, 0.15) is 0 Å². The molecular weight excluding hydrogens is 207 g/mol. The van der Waals surface area contributed by atoms with Gasteiger partial charge in [0.05, 0.1) is 0 Å². The zero-order valence-corrected chi connectivity index (χ0v) is 8.70. The molecule has 0 aromatic rings. The van der Waals surface area contributed by atoms with Crippen LogP contribution in [0, 0.1) is 0 Å². The highest BCUT2D eigenvalue weighted by molar-refractivity contribution is 8.07. The maximum Gasteiger partial charge on any atom is 0.0350 e. The van der Waals surface area contributed by atoms with Gasteiger partial charge < -0.3 is 0 Å². The van der Waals surface area contributed by atoms with Gasteiger partial charge in [-0.15, -0.1) is 23.2 Å². The highest BCUT2D eigenvalue weighted by Crippen LogP contribution is 2.30. The van der Waals surface area contributed by atoms with Gasteiger partial charge in [-0.1, -0.05) is 0 Å². The van der Waals surface area contributed by atoms with E-state index in [0.717, 1.165) is 11.8 Å². The Bertz CT molecular complexity index is 79.7. The molecule has 1 saturated heterocycles. The first-order valence-electron chi connectivity index (χ1n) is 3.22. The van der Waals surface area contributed by atoms with E-state index in [0.29, 0.717) is 10.5 Å². The molecule has 0 spiro atoms. The normalized spacial score (nSPS) is 34.2. The van der Waals surface area contributed by atoms with Crippen LogP contribution in [0.15, 0.2) is 0 Å². The van der Waals surface area contributed by atoms with Gasteiger partial charge in [0, 0.05) is 33.8 Å². The Balaban J connectivity index is 2.17. The van der Waals surface area contributed by atoms with E-state index in [4.69, 9.17) is 23.2 Å². The average Bonchev–Trinajstić information content (AvgIpc) is 2.05. The second-order valence-electron chi connectivity index (χ2n) is 2.22. The molecule has 60 valence electrons. The maximum atomic E-state index is 5.70. The highest BCUT2D eigenvalue weighted by atomic mass is 35.5. The fourth-order valence-corrected chi connectivity index (χ4v) is 4.40. The second-order valence-corrected chi connectivity index (χ2v) is 5.50. The summed E-state index contributed by atoms with van der Waals surface area (Å²) >= 11 is 15.3. The monoisotopic (exact) mass is 216 g/mol. The van der Waals surface area contributed by atoms with Gasteiger partial charge in [0.2, 0.25) is 0 Å². The van der Waals surface area contributed by atoms with Crippen LogP contribution in [0.2, 0.25) is 0 Å². The van der Waals surface area contributed by atoms with Crippen LogP contribution >= 0.6 is 46.7 Å². The van der Waals surface area contributed by atoms with Gasteiger partial charge in [-0.2, -0.15) is 23.5 Å². The van der Waals surface area contributed by atoms with E-state index in [1.54, 1.807) is 0 Å². The molecule has 0 bridgehead atoms. The molecule has 1 heterocycles. The van der Waals surface area contributed by atoms with Crippen LogP contribution in [0.5, 0.6) is 0 Å². The second kappa shape index (κ2) is 5.02. The molecule has 2 atom stereocenters. The third-order valence-corrected chi connectivity index (χ3v) is 5.71. The molecule has 1 rings (SSSR count). The summed E-state index contributed by atoms with van der Waals surface area (Å²) in [7, 11) is 0. The molecule has 1 fully saturated rings. The first-order valence-corrected chi connectivity index (χ1v) is 6.38. The zero-order valence-electron chi connectivity index (χ0n) is 5.56. The Hall–Kier alpha value is 1.28. The Morgan fingerprint density at radius 1 is 1.00 bits per heavy atom. The van der Waals surface area contributed by atoms with E-state index in [9.17, 15) is 0 Å². The predicted octanol–water partition coefficient (Wildman–Crippen LogP) is 2.68. The van der Waals surface area contributed by atoms with E-state index in [1.807, 2.05) is 23.5 Å². The average molecular weight is 217 g/mol. The van der Waals surface area contributed by atoms with Crippen LogP contribution in [-0.2, 0) is 0 Å². The van der Waals surface area contributed by atoms with Crippen molar-refractivity contribution in [2.45, 2.75) is 10.5 Å². The lowest BCUT2D eigenvalue weighted by molar-refractivity contribution is 1.05. The fraction of sp³-hybridized carbons (Fsp3) is 1.00. The standard InChI is InChI=1S/C6H10Cl2S2/c7-1-5-3-10-6(2-8)4-9-5/h5-6H,1-4H2.